The zero-order chi connectivity index (χ0) is 12.4. The highest BCUT2D eigenvalue weighted by Gasteiger charge is 2.18. The Morgan fingerprint density at radius 3 is 2.53 bits per heavy atom. The highest BCUT2D eigenvalue weighted by atomic mass is 79.9. The molecule has 1 aromatic heterocycles. The topological polar surface area (TPSA) is 33.1 Å². The summed E-state index contributed by atoms with van der Waals surface area (Å²) < 4.78 is 14.3. The first-order valence-electron chi connectivity index (χ1n) is 4.82. The molecule has 5 heteroatoms. The van der Waals surface area contributed by atoms with Crippen molar-refractivity contribution in [1.29, 1.82) is 0 Å². The van der Waals surface area contributed by atoms with Gasteiger partial charge in [0.25, 0.3) is 0 Å². The van der Waals surface area contributed by atoms with Crippen LogP contribution in [0.4, 0.5) is 4.39 Å². The van der Waals surface area contributed by atoms with Gasteiger partial charge in [0.05, 0.1) is 5.02 Å². The van der Waals surface area contributed by atoms with E-state index in [4.69, 9.17) is 11.6 Å². The molecule has 1 heterocycles. The molecule has 1 atom stereocenters. The highest BCUT2D eigenvalue weighted by molar-refractivity contribution is 9.10. The Balaban J connectivity index is 2.45. The molecule has 2 rings (SSSR count). The van der Waals surface area contributed by atoms with E-state index in [1.54, 1.807) is 18.2 Å². The van der Waals surface area contributed by atoms with Crippen molar-refractivity contribution in [1.82, 2.24) is 4.98 Å². The first-order chi connectivity index (χ1) is 8.11. The van der Waals surface area contributed by atoms with E-state index in [0.717, 1.165) is 0 Å². The van der Waals surface area contributed by atoms with Crippen molar-refractivity contribution in [3.05, 3.63) is 63.1 Å². The smallest absolute Gasteiger partial charge is 0.149 e. The molecule has 17 heavy (non-hydrogen) atoms. The molecule has 0 amide bonds. The van der Waals surface area contributed by atoms with Crippen molar-refractivity contribution in [2.75, 3.05) is 0 Å². The summed E-state index contributed by atoms with van der Waals surface area (Å²) in [4.78, 5) is 3.84. The molecular weight excluding hydrogens is 308 g/mol. The van der Waals surface area contributed by atoms with Gasteiger partial charge in [0.15, 0.2) is 0 Å². The summed E-state index contributed by atoms with van der Waals surface area (Å²) in [6.45, 7) is 0. The van der Waals surface area contributed by atoms with Gasteiger partial charge in [-0.05, 0) is 39.7 Å². The SMILES string of the molecule is OC(c1ccncc1)c1ccc(Br)c(Cl)c1F. The molecule has 0 aliphatic heterocycles. The van der Waals surface area contributed by atoms with Crippen LogP contribution in [0.1, 0.15) is 17.2 Å². The average molecular weight is 317 g/mol. The predicted molar refractivity (Wildman–Crippen MR) is 67.4 cm³/mol. The zero-order valence-corrected chi connectivity index (χ0v) is 10.9. The average Bonchev–Trinajstić information content (AvgIpc) is 2.36. The van der Waals surface area contributed by atoms with Crippen molar-refractivity contribution < 1.29 is 9.50 Å². The van der Waals surface area contributed by atoms with Crippen molar-refractivity contribution in [2.24, 2.45) is 0 Å². The standard InChI is InChI=1S/C12H8BrClFNO/c13-9-2-1-8(11(15)10(9)14)12(17)7-3-5-16-6-4-7/h1-6,12,17H. The van der Waals surface area contributed by atoms with E-state index in [1.807, 2.05) is 0 Å². The molecule has 0 saturated heterocycles. The third kappa shape index (κ3) is 2.49. The van der Waals surface area contributed by atoms with Crippen LogP contribution >= 0.6 is 27.5 Å². The number of aromatic nitrogens is 1. The van der Waals surface area contributed by atoms with Crippen LogP contribution in [0, 0.1) is 5.82 Å². The van der Waals surface area contributed by atoms with Crippen LogP contribution in [0.5, 0.6) is 0 Å². The summed E-state index contributed by atoms with van der Waals surface area (Å²) in [5.74, 6) is -0.620. The van der Waals surface area contributed by atoms with Crippen LogP contribution in [-0.2, 0) is 0 Å². The summed E-state index contributed by atoms with van der Waals surface area (Å²) in [7, 11) is 0. The Labute approximate surface area is 111 Å². The molecule has 1 N–H and O–H groups in total. The first kappa shape index (κ1) is 12.5. The lowest BCUT2D eigenvalue weighted by Crippen LogP contribution is -2.03. The molecule has 2 nitrogen and oxygen atoms in total. The summed E-state index contributed by atoms with van der Waals surface area (Å²) >= 11 is 8.89. The number of rotatable bonds is 2. The van der Waals surface area contributed by atoms with Crippen LogP contribution in [0.3, 0.4) is 0 Å². The van der Waals surface area contributed by atoms with Crippen LogP contribution in [0.25, 0.3) is 0 Å². The molecule has 88 valence electrons. The summed E-state index contributed by atoms with van der Waals surface area (Å²) in [5, 5.41) is 10.0. The zero-order valence-electron chi connectivity index (χ0n) is 8.57. The lowest BCUT2D eigenvalue weighted by atomic mass is 10.0. The maximum Gasteiger partial charge on any atom is 0.149 e. The van der Waals surface area contributed by atoms with Gasteiger partial charge < -0.3 is 5.11 Å². The molecular formula is C12H8BrClFNO. The van der Waals surface area contributed by atoms with Crippen LogP contribution < -0.4 is 0 Å². The van der Waals surface area contributed by atoms with Gasteiger partial charge in [0.1, 0.15) is 11.9 Å². The van der Waals surface area contributed by atoms with E-state index in [-0.39, 0.29) is 10.6 Å². The number of aliphatic hydroxyl groups is 1. The van der Waals surface area contributed by atoms with Crippen molar-refractivity contribution >= 4 is 27.5 Å². The second kappa shape index (κ2) is 5.12. The molecule has 1 unspecified atom stereocenters. The second-order valence-corrected chi connectivity index (χ2v) is 4.68. The van der Waals surface area contributed by atoms with Gasteiger partial charge in [0.2, 0.25) is 0 Å². The summed E-state index contributed by atoms with van der Waals surface area (Å²) in [5.41, 5.74) is 0.710. The Kier molecular flexibility index (Phi) is 3.76. The molecule has 0 spiro atoms. The van der Waals surface area contributed by atoms with Crippen molar-refractivity contribution in [3.63, 3.8) is 0 Å². The number of hydrogen-bond acceptors (Lipinski definition) is 2. The van der Waals surface area contributed by atoms with Gasteiger partial charge in [-0.15, -0.1) is 0 Å². The summed E-state index contributed by atoms with van der Waals surface area (Å²) in [6, 6.07) is 6.35. The van der Waals surface area contributed by atoms with Crippen molar-refractivity contribution in [3.8, 4) is 0 Å². The fourth-order valence-electron chi connectivity index (χ4n) is 1.48. The molecule has 0 aliphatic carbocycles. The fraction of sp³-hybridized carbons (Fsp3) is 0.0833. The van der Waals surface area contributed by atoms with E-state index in [0.29, 0.717) is 10.0 Å². The number of pyridine rings is 1. The van der Waals surface area contributed by atoms with Gasteiger partial charge in [-0.25, -0.2) is 4.39 Å². The number of nitrogens with zero attached hydrogens (tertiary/aromatic N) is 1. The third-order valence-corrected chi connectivity index (χ3v) is 3.64. The monoisotopic (exact) mass is 315 g/mol. The van der Waals surface area contributed by atoms with E-state index in [1.165, 1.54) is 18.5 Å². The predicted octanol–water partition coefficient (Wildman–Crippen LogP) is 3.72. The highest BCUT2D eigenvalue weighted by Crippen LogP contribution is 2.32. The third-order valence-electron chi connectivity index (χ3n) is 2.38. The van der Waals surface area contributed by atoms with Gasteiger partial charge in [0, 0.05) is 22.4 Å². The minimum Gasteiger partial charge on any atom is -0.384 e. The Hall–Kier alpha value is -0.970. The second-order valence-electron chi connectivity index (χ2n) is 3.45. The molecule has 0 aliphatic rings. The van der Waals surface area contributed by atoms with Crippen LogP contribution in [0.15, 0.2) is 41.1 Å². The van der Waals surface area contributed by atoms with E-state index in [2.05, 4.69) is 20.9 Å². The Bertz CT molecular complexity index is 536. The maximum absolute atomic E-state index is 13.9. The minimum atomic E-state index is -1.05. The van der Waals surface area contributed by atoms with E-state index in [9.17, 15) is 9.50 Å². The molecule has 0 fully saturated rings. The molecule has 2 aromatic rings. The fourth-order valence-corrected chi connectivity index (χ4v) is 1.96. The normalized spacial score (nSPS) is 12.5. The number of halogens is 3. The largest absolute Gasteiger partial charge is 0.384 e. The molecule has 0 radical (unpaired) electrons. The van der Waals surface area contributed by atoms with E-state index >= 15 is 0 Å². The maximum atomic E-state index is 13.9. The van der Waals surface area contributed by atoms with Gasteiger partial charge >= 0.3 is 0 Å². The molecule has 0 saturated carbocycles. The minimum absolute atomic E-state index is 0.0318. The van der Waals surface area contributed by atoms with Crippen LogP contribution in [0.2, 0.25) is 5.02 Å². The lowest BCUT2D eigenvalue weighted by molar-refractivity contribution is 0.215. The molecule has 1 aromatic carbocycles. The van der Waals surface area contributed by atoms with Gasteiger partial charge in [-0.3, -0.25) is 4.98 Å². The Morgan fingerprint density at radius 1 is 1.24 bits per heavy atom. The Morgan fingerprint density at radius 2 is 1.88 bits per heavy atom. The molecule has 0 bridgehead atoms. The van der Waals surface area contributed by atoms with Crippen molar-refractivity contribution in [2.45, 2.75) is 6.10 Å². The lowest BCUT2D eigenvalue weighted by Gasteiger charge is -2.13. The quantitative estimate of drug-likeness (QED) is 0.857. The van der Waals surface area contributed by atoms with Crippen LogP contribution in [-0.4, -0.2) is 10.1 Å². The number of benzene rings is 1. The number of hydrogen-bond donors (Lipinski definition) is 1. The number of aliphatic hydroxyl groups excluding tert-OH is 1. The summed E-state index contributed by atoms with van der Waals surface area (Å²) in [6.07, 6.45) is 2.03. The van der Waals surface area contributed by atoms with E-state index < -0.39 is 11.9 Å². The first-order valence-corrected chi connectivity index (χ1v) is 5.99. The van der Waals surface area contributed by atoms with Gasteiger partial charge in [-0.2, -0.15) is 0 Å². The van der Waals surface area contributed by atoms with Gasteiger partial charge in [-0.1, -0.05) is 17.7 Å².